The molecular formula is C21H20N6O. The molecule has 4 rings (SSSR count). The molecule has 2 N–H and O–H groups in total. The van der Waals surface area contributed by atoms with Crippen LogP contribution in [0.1, 0.15) is 11.1 Å². The summed E-state index contributed by atoms with van der Waals surface area (Å²) in [6, 6.07) is 13.8. The first-order valence-corrected chi connectivity index (χ1v) is 9.03. The number of aromatic nitrogens is 5. The Hall–Kier alpha value is -3.74. The minimum atomic E-state index is -0.183. The number of hydrogen-bond acceptors (Lipinski definition) is 5. The standard InChI is InChI=1S/C21H20N6O/c1-15-4-2-5-16(10-15)7-9-23-19-11-20(25-14-24-19)27-21(28)18(13-26-27)17-6-3-8-22-12-17/h2-6,8,10-14,26H,7,9H2,1H3,(H,23,24,25). The third-order valence-electron chi connectivity index (χ3n) is 4.43. The molecule has 0 unspecified atom stereocenters. The molecule has 0 bridgehead atoms. The van der Waals surface area contributed by atoms with E-state index in [1.165, 1.54) is 22.1 Å². The summed E-state index contributed by atoms with van der Waals surface area (Å²) in [6.45, 7) is 2.82. The van der Waals surface area contributed by atoms with Crippen LogP contribution in [0, 0.1) is 6.92 Å². The lowest BCUT2D eigenvalue weighted by atomic mass is 10.1. The fourth-order valence-corrected chi connectivity index (χ4v) is 3.04. The Kier molecular flexibility index (Phi) is 4.97. The topological polar surface area (TPSA) is 88.5 Å². The van der Waals surface area contributed by atoms with Gasteiger partial charge in [0.15, 0.2) is 5.82 Å². The monoisotopic (exact) mass is 372 g/mol. The maximum absolute atomic E-state index is 12.7. The Morgan fingerprint density at radius 3 is 2.89 bits per heavy atom. The third-order valence-corrected chi connectivity index (χ3v) is 4.43. The van der Waals surface area contributed by atoms with Crippen LogP contribution < -0.4 is 10.9 Å². The van der Waals surface area contributed by atoms with Gasteiger partial charge in [-0.05, 0) is 25.0 Å². The van der Waals surface area contributed by atoms with E-state index in [0.717, 1.165) is 18.5 Å². The van der Waals surface area contributed by atoms with E-state index >= 15 is 0 Å². The molecule has 140 valence electrons. The zero-order chi connectivity index (χ0) is 19.3. The molecule has 4 aromatic rings. The van der Waals surface area contributed by atoms with Crippen LogP contribution in [0.4, 0.5) is 5.82 Å². The predicted octanol–water partition coefficient (Wildman–Crippen LogP) is 2.98. The van der Waals surface area contributed by atoms with Gasteiger partial charge >= 0.3 is 0 Å². The van der Waals surface area contributed by atoms with Crippen LogP contribution in [0.3, 0.4) is 0 Å². The Morgan fingerprint density at radius 1 is 1.14 bits per heavy atom. The predicted molar refractivity (Wildman–Crippen MR) is 109 cm³/mol. The van der Waals surface area contributed by atoms with Crippen molar-refractivity contribution in [3.63, 3.8) is 0 Å². The van der Waals surface area contributed by atoms with E-state index in [-0.39, 0.29) is 5.56 Å². The number of aryl methyl sites for hydroxylation is 1. The number of pyridine rings is 1. The first-order chi connectivity index (χ1) is 13.7. The molecule has 0 aliphatic rings. The first-order valence-electron chi connectivity index (χ1n) is 9.03. The SMILES string of the molecule is Cc1cccc(CCNc2cc(-n3[nH]cc(-c4cccnc4)c3=O)ncn2)c1. The highest BCUT2D eigenvalue weighted by atomic mass is 16.1. The molecule has 0 radical (unpaired) electrons. The largest absolute Gasteiger partial charge is 0.370 e. The van der Waals surface area contributed by atoms with Gasteiger partial charge in [0.2, 0.25) is 0 Å². The number of aromatic amines is 1. The van der Waals surface area contributed by atoms with Crippen LogP contribution in [0.5, 0.6) is 0 Å². The van der Waals surface area contributed by atoms with Crippen molar-refractivity contribution in [3.8, 4) is 16.9 Å². The van der Waals surface area contributed by atoms with Gasteiger partial charge in [0.1, 0.15) is 12.1 Å². The van der Waals surface area contributed by atoms with E-state index in [4.69, 9.17) is 0 Å². The molecule has 1 aromatic carbocycles. The Labute approximate surface area is 162 Å². The normalized spacial score (nSPS) is 10.8. The van der Waals surface area contributed by atoms with Crippen molar-refractivity contribution in [1.29, 1.82) is 0 Å². The number of nitrogens with one attached hydrogen (secondary N) is 2. The second kappa shape index (κ2) is 7.87. The fraction of sp³-hybridized carbons (Fsp3) is 0.143. The van der Waals surface area contributed by atoms with Crippen molar-refractivity contribution < 1.29 is 0 Å². The van der Waals surface area contributed by atoms with Gasteiger partial charge in [0, 0.05) is 36.8 Å². The van der Waals surface area contributed by atoms with Crippen LogP contribution in [-0.4, -0.2) is 31.3 Å². The lowest BCUT2D eigenvalue weighted by Crippen LogP contribution is -2.17. The van der Waals surface area contributed by atoms with E-state index in [1.807, 2.05) is 6.07 Å². The summed E-state index contributed by atoms with van der Waals surface area (Å²) in [6.07, 6.45) is 7.32. The molecule has 7 heteroatoms. The van der Waals surface area contributed by atoms with Gasteiger partial charge in [-0.25, -0.2) is 14.6 Å². The first kappa shape index (κ1) is 17.7. The number of rotatable bonds is 6. The molecular weight excluding hydrogens is 352 g/mol. The van der Waals surface area contributed by atoms with Gasteiger partial charge in [-0.15, -0.1) is 0 Å². The molecule has 28 heavy (non-hydrogen) atoms. The number of hydrogen-bond donors (Lipinski definition) is 2. The molecule has 0 saturated carbocycles. The van der Waals surface area contributed by atoms with E-state index in [9.17, 15) is 4.79 Å². The summed E-state index contributed by atoms with van der Waals surface area (Å²) in [5, 5.41) is 6.25. The molecule has 0 atom stereocenters. The number of benzene rings is 1. The zero-order valence-electron chi connectivity index (χ0n) is 15.5. The molecule has 7 nitrogen and oxygen atoms in total. The number of nitrogens with zero attached hydrogens (tertiary/aromatic N) is 4. The second-order valence-corrected chi connectivity index (χ2v) is 6.50. The molecule has 0 aliphatic heterocycles. The Balaban J connectivity index is 1.50. The second-order valence-electron chi connectivity index (χ2n) is 6.50. The number of H-pyrrole nitrogens is 1. The maximum atomic E-state index is 12.7. The minimum Gasteiger partial charge on any atom is -0.370 e. The van der Waals surface area contributed by atoms with Gasteiger partial charge in [-0.2, -0.15) is 0 Å². The van der Waals surface area contributed by atoms with E-state index in [0.29, 0.717) is 17.2 Å². The summed E-state index contributed by atoms with van der Waals surface area (Å²) < 4.78 is 1.40. The third kappa shape index (κ3) is 3.83. The summed E-state index contributed by atoms with van der Waals surface area (Å²) in [5.41, 5.74) is 3.63. The molecule has 0 spiro atoms. The van der Waals surface area contributed by atoms with Crippen molar-refractivity contribution in [3.05, 3.63) is 88.9 Å². The van der Waals surface area contributed by atoms with Gasteiger partial charge < -0.3 is 5.32 Å². The van der Waals surface area contributed by atoms with Crippen molar-refractivity contribution in [2.24, 2.45) is 0 Å². The number of anilines is 1. The molecule has 3 aromatic heterocycles. The van der Waals surface area contributed by atoms with Gasteiger partial charge in [0.25, 0.3) is 5.56 Å². The minimum absolute atomic E-state index is 0.183. The molecule has 0 saturated heterocycles. The van der Waals surface area contributed by atoms with Gasteiger partial charge in [0.05, 0.1) is 5.56 Å². The van der Waals surface area contributed by atoms with E-state index in [2.05, 4.69) is 56.6 Å². The molecule has 0 amide bonds. The van der Waals surface area contributed by atoms with Crippen LogP contribution in [0.15, 0.2) is 72.2 Å². The van der Waals surface area contributed by atoms with Crippen molar-refractivity contribution >= 4 is 5.82 Å². The molecule has 0 fully saturated rings. The summed E-state index contributed by atoms with van der Waals surface area (Å²) in [4.78, 5) is 25.3. The molecule has 3 heterocycles. The highest BCUT2D eigenvalue weighted by Crippen LogP contribution is 2.14. The lowest BCUT2D eigenvalue weighted by Gasteiger charge is -2.07. The van der Waals surface area contributed by atoms with Gasteiger partial charge in [-0.3, -0.25) is 14.9 Å². The van der Waals surface area contributed by atoms with E-state index in [1.54, 1.807) is 30.7 Å². The lowest BCUT2D eigenvalue weighted by molar-refractivity contribution is 0.812. The Bertz CT molecular complexity index is 1130. The van der Waals surface area contributed by atoms with Crippen molar-refractivity contribution in [2.45, 2.75) is 13.3 Å². The average Bonchev–Trinajstić information content (AvgIpc) is 3.10. The maximum Gasteiger partial charge on any atom is 0.280 e. The van der Waals surface area contributed by atoms with Crippen LogP contribution in [-0.2, 0) is 6.42 Å². The van der Waals surface area contributed by atoms with Crippen LogP contribution >= 0.6 is 0 Å². The zero-order valence-corrected chi connectivity index (χ0v) is 15.5. The Morgan fingerprint density at radius 2 is 2.07 bits per heavy atom. The van der Waals surface area contributed by atoms with Crippen LogP contribution in [0.2, 0.25) is 0 Å². The highest BCUT2D eigenvalue weighted by molar-refractivity contribution is 5.60. The van der Waals surface area contributed by atoms with Crippen LogP contribution in [0.25, 0.3) is 16.9 Å². The molecule has 0 aliphatic carbocycles. The van der Waals surface area contributed by atoms with Crippen molar-refractivity contribution in [1.82, 2.24) is 24.7 Å². The smallest absolute Gasteiger partial charge is 0.280 e. The quantitative estimate of drug-likeness (QED) is 0.543. The summed E-state index contributed by atoms with van der Waals surface area (Å²) in [5.74, 6) is 1.15. The average molecular weight is 372 g/mol. The van der Waals surface area contributed by atoms with Gasteiger partial charge in [-0.1, -0.05) is 35.9 Å². The van der Waals surface area contributed by atoms with E-state index < -0.39 is 0 Å². The summed E-state index contributed by atoms with van der Waals surface area (Å²) >= 11 is 0. The highest BCUT2D eigenvalue weighted by Gasteiger charge is 2.11. The van der Waals surface area contributed by atoms with Crippen molar-refractivity contribution in [2.75, 3.05) is 11.9 Å². The summed E-state index contributed by atoms with van der Waals surface area (Å²) in [7, 11) is 0. The fourth-order valence-electron chi connectivity index (χ4n) is 3.04.